The van der Waals surface area contributed by atoms with Gasteiger partial charge in [-0.05, 0) is 17.4 Å². The second kappa shape index (κ2) is 9.69. The molecule has 0 atom stereocenters. The summed E-state index contributed by atoms with van der Waals surface area (Å²) in [5, 5.41) is 6.60. The maximum absolute atomic E-state index is 5.20. The molecular weight excluding hydrogens is 258 g/mol. The molecule has 1 aromatic rings. The van der Waals surface area contributed by atoms with E-state index in [9.17, 15) is 0 Å². The van der Waals surface area contributed by atoms with Crippen molar-refractivity contribution in [1.82, 2.24) is 10.6 Å². The van der Waals surface area contributed by atoms with Crippen LogP contribution in [0.15, 0.2) is 29.3 Å². The van der Waals surface area contributed by atoms with Gasteiger partial charge in [-0.2, -0.15) is 11.8 Å². The van der Waals surface area contributed by atoms with E-state index in [1.54, 1.807) is 14.2 Å². The van der Waals surface area contributed by atoms with Crippen LogP contribution in [0.1, 0.15) is 11.1 Å². The van der Waals surface area contributed by atoms with Gasteiger partial charge in [0.1, 0.15) is 0 Å². The van der Waals surface area contributed by atoms with E-state index in [4.69, 9.17) is 4.74 Å². The highest BCUT2D eigenvalue weighted by molar-refractivity contribution is 7.98. The number of nitrogens with zero attached hydrogens (tertiary/aromatic N) is 1. The topological polar surface area (TPSA) is 45.7 Å². The molecule has 0 radical (unpaired) electrons. The van der Waals surface area contributed by atoms with Crippen LogP contribution in [-0.2, 0) is 17.9 Å². The van der Waals surface area contributed by atoms with Crippen LogP contribution in [0.2, 0.25) is 0 Å². The second-order valence-corrected chi connectivity index (χ2v) is 5.03. The van der Waals surface area contributed by atoms with Crippen molar-refractivity contribution >= 4 is 17.7 Å². The molecule has 0 spiro atoms. The Morgan fingerprint density at radius 2 is 2.00 bits per heavy atom. The molecule has 0 bridgehead atoms. The zero-order valence-electron chi connectivity index (χ0n) is 11.9. The minimum absolute atomic E-state index is 0.635. The van der Waals surface area contributed by atoms with Crippen LogP contribution < -0.4 is 10.6 Å². The first-order valence-corrected chi connectivity index (χ1v) is 7.70. The lowest BCUT2D eigenvalue weighted by molar-refractivity contribution is 0.184. The number of hydrogen-bond donors (Lipinski definition) is 2. The van der Waals surface area contributed by atoms with E-state index in [-0.39, 0.29) is 0 Å². The normalized spacial score (nSPS) is 11.4. The molecule has 5 heteroatoms. The number of methoxy groups -OCH3 is 1. The van der Waals surface area contributed by atoms with Gasteiger partial charge in [-0.25, -0.2) is 0 Å². The first kappa shape index (κ1) is 15.9. The minimum atomic E-state index is 0.635. The Bertz CT molecular complexity index is 396. The lowest BCUT2D eigenvalue weighted by Crippen LogP contribution is -2.38. The van der Waals surface area contributed by atoms with E-state index >= 15 is 0 Å². The van der Waals surface area contributed by atoms with E-state index in [1.807, 2.05) is 23.9 Å². The Labute approximate surface area is 120 Å². The number of thioether (sulfide) groups is 1. The number of nitrogens with one attached hydrogen (secondary N) is 2. The first-order valence-electron chi connectivity index (χ1n) is 6.31. The number of benzene rings is 1. The molecule has 0 aromatic heterocycles. The van der Waals surface area contributed by atoms with E-state index in [2.05, 4.69) is 34.0 Å². The van der Waals surface area contributed by atoms with Crippen molar-refractivity contribution in [3.63, 3.8) is 0 Å². The summed E-state index contributed by atoms with van der Waals surface area (Å²) < 4.78 is 5.20. The highest BCUT2D eigenvalue weighted by Gasteiger charge is 2.02. The van der Waals surface area contributed by atoms with Gasteiger partial charge in [0.05, 0.1) is 6.61 Å². The van der Waals surface area contributed by atoms with Crippen molar-refractivity contribution in [2.75, 3.05) is 32.7 Å². The Morgan fingerprint density at radius 1 is 1.26 bits per heavy atom. The average Bonchev–Trinajstić information content (AvgIpc) is 2.44. The quantitative estimate of drug-likeness (QED) is 0.455. The molecule has 0 unspecified atom stereocenters. The third kappa shape index (κ3) is 5.98. The second-order valence-electron chi connectivity index (χ2n) is 4.05. The van der Waals surface area contributed by atoms with Gasteiger partial charge in [-0.3, -0.25) is 4.99 Å². The van der Waals surface area contributed by atoms with Crippen LogP contribution in [0.5, 0.6) is 0 Å². The largest absolute Gasteiger partial charge is 0.380 e. The highest BCUT2D eigenvalue weighted by atomic mass is 32.2. The zero-order valence-corrected chi connectivity index (χ0v) is 12.7. The van der Waals surface area contributed by atoms with Crippen LogP contribution in [0.4, 0.5) is 0 Å². The fourth-order valence-corrected chi connectivity index (χ4v) is 2.00. The van der Waals surface area contributed by atoms with Crippen LogP contribution >= 0.6 is 11.8 Å². The molecule has 1 rings (SSSR count). The summed E-state index contributed by atoms with van der Waals surface area (Å²) in [6.07, 6.45) is 2.10. The number of aliphatic imine (C=N–C) groups is 1. The van der Waals surface area contributed by atoms with E-state index in [0.717, 1.165) is 24.8 Å². The zero-order chi connectivity index (χ0) is 13.9. The van der Waals surface area contributed by atoms with Crippen molar-refractivity contribution in [1.29, 1.82) is 0 Å². The van der Waals surface area contributed by atoms with Crippen LogP contribution in [0.25, 0.3) is 0 Å². The third-order valence-corrected chi connectivity index (χ3v) is 3.30. The Hall–Kier alpha value is -1.20. The maximum Gasteiger partial charge on any atom is 0.191 e. The predicted molar refractivity (Wildman–Crippen MR) is 83.7 cm³/mol. The summed E-state index contributed by atoms with van der Waals surface area (Å²) in [5.41, 5.74) is 2.44. The summed E-state index contributed by atoms with van der Waals surface area (Å²) in [5.74, 6) is 1.90. The SMILES string of the molecule is CN=C(NCCSC)NCc1ccccc1COC. The van der Waals surface area contributed by atoms with Crippen molar-refractivity contribution in [3.05, 3.63) is 35.4 Å². The highest BCUT2D eigenvalue weighted by Crippen LogP contribution is 2.09. The molecule has 0 saturated carbocycles. The summed E-state index contributed by atoms with van der Waals surface area (Å²) >= 11 is 1.82. The molecule has 19 heavy (non-hydrogen) atoms. The van der Waals surface area contributed by atoms with Crippen molar-refractivity contribution < 1.29 is 4.74 Å². The molecule has 0 aliphatic carbocycles. The van der Waals surface area contributed by atoms with E-state index in [0.29, 0.717) is 6.61 Å². The predicted octanol–water partition coefficient (Wildman–Crippen LogP) is 1.86. The van der Waals surface area contributed by atoms with Crippen molar-refractivity contribution in [2.24, 2.45) is 4.99 Å². The standard InChI is InChI=1S/C14H23N3OS/c1-15-14(16-8-9-19-3)17-10-12-6-4-5-7-13(12)11-18-2/h4-7H,8-11H2,1-3H3,(H2,15,16,17). The number of rotatable bonds is 7. The Morgan fingerprint density at radius 3 is 2.63 bits per heavy atom. The van der Waals surface area contributed by atoms with Crippen LogP contribution in [-0.4, -0.2) is 38.7 Å². The minimum Gasteiger partial charge on any atom is -0.380 e. The maximum atomic E-state index is 5.20. The van der Waals surface area contributed by atoms with Crippen LogP contribution in [0, 0.1) is 0 Å². The molecule has 0 heterocycles. The van der Waals surface area contributed by atoms with Gasteiger partial charge in [-0.15, -0.1) is 0 Å². The monoisotopic (exact) mass is 281 g/mol. The Kier molecular flexibility index (Phi) is 8.09. The molecule has 0 aliphatic heterocycles. The molecule has 4 nitrogen and oxygen atoms in total. The number of ether oxygens (including phenoxy) is 1. The van der Waals surface area contributed by atoms with Crippen molar-refractivity contribution in [3.8, 4) is 0 Å². The molecule has 0 fully saturated rings. The summed E-state index contributed by atoms with van der Waals surface area (Å²) in [7, 11) is 3.50. The average molecular weight is 281 g/mol. The van der Waals surface area contributed by atoms with Gasteiger partial charge in [0.15, 0.2) is 5.96 Å². The van der Waals surface area contributed by atoms with E-state index in [1.165, 1.54) is 11.1 Å². The van der Waals surface area contributed by atoms with Gasteiger partial charge >= 0.3 is 0 Å². The van der Waals surface area contributed by atoms with Crippen LogP contribution in [0.3, 0.4) is 0 Å². The third-order valence-electron chi connectivity index (χ3n) is 2.69. The van der Waals surface area contributed by atoms with Gasteiger partial charge in [0.25, 0.3) is 0 Å². The van der Waals surface area contributed by atoms with Gasteiger partial charge in [0.2, 0.25) is 0 Å². The lowest BCUT2D eigenvalue weighted by Gasteiger charge is -2.13. The molecule has 0 amide bonds. The lowest BCUT2D eigenvalue weighted by atomic mass is 10.1. The number of guanidine groups is 1. The van der Waals surface area contributed by atoms with Crippen molar-refractivity contribution in [2.45, 2.75) is 13.2 Å². The molecule has 1 aromatic carbocycles. The molecule has 106 valence electrons. The van der Waals surface area contributed by atoms with Gasteiger partial charge < -0.3 is 15.4 Å². The summed E-state index contributed by atoms with van der Waals surface area (Å²) in [4.78, 5) is 4.20. The number of hydrogen-bond acceptors (Lipinski definition) is 3. The molecular formula is C14H23N3OS. The first-order chi connectivity index (χ1) is 9.31. The summed E-state index contributed by atoms with van der Waals surface area (Å²) in [6.45, 7) is 2.30. The molecule has 2 N–H and O–H groups in total. The fourth-order valence-electron chi connectivity index (χ4n) is 1.70. The van der Waals surface area contributed by atoms with E-state index < -0.39 is 0 Å². The van der Waals surface area contributed by atoms with Gasteiger partial charge in [-0.1, -0.05) is 24.3 Å². The molecule has 0 aliphatic rings. The van der Waals surface area contributed by atoms with Gasteiger partial charge in [0, 0.05) is 33.0 Å². The fraction of sp³-hybridized carbons (Fsp3) is 0.500. The Balaban J connectivity index is 2.50. The molecule has 0 saturated heterocycles. The summed E-state index contributed by atoms with van der Waals surface area (Å²) in [6, 6.07) is 8.27. The smallest absolute Gasteiger partial charge is 0.191 e.